The number of hydrazone groups is 1. The van der Waals surface area contributed by atoms with Crippen LogP contribution >= 0.6 is 0 Å². The first-order chi connectivity index (χ1) is 18.6. The molecule has 5 nitrogen and oxygen atoms in total. The van der Waals surface area contributed by atoms with Gasteiger partial charge in [-0.05, 0) is 67.1 Å². The Kier molecular flexibility index (Phi) is 7.41. The van der Waals surface area contributed by atoms with Crippen molar-refractivity contribution in [1.29, 1.82) is 0 Å². The first-order valence-electron chi connectivity index (χ1n) is 12.2. The number of hydrogen-bond acceptors (Lipinski definition) is 3. The molecule has 6 heteroatoms. The number of carbonyl (C=O) groups excluding carboxylic acids is 1. The van der Waals surface area contributed by atoms with Gasteiger partial charge in [-0.25, -0.2) is 9.82 Å². The van der Waals surface area contributed by atoms with E-state index in [0.29, 0.717) is 22.4 Å². The topological polar surface area (TPSA) is 55.6 Å². The average molecular weight is 504 g/mol. The first kappa shape index (κ1) is 24.7. The molecule has 0 fully saturated rings. The third-order valence-corrected chi connectivity index (χ3v) is 6.16. The summed E-state index contributed by atoms with van der Waals surface area (Å²) < 4.78 is 21.9. The zero-order chi connectivity index (χ0) is 26.3. The highest BCUT2D eigenvalue weighted by atomic mass is 19.1. The van der Waals surface area contributed by atoms with Gasteiger partial charge in [0.05, 0.1) is 11.9 Å². The summed E-state index contributed by atoms with van der Waals surface area (Å²) in [4.78, 5) is 12.7. The quantitative estimate of drug-likeness (QED) is 0.184. The minimum Gasteiger partial charge on any atom is -0.488 e. The van der Waals surface area contributed by atoms with Crippen LogP contribution in [0.15, 0.2) is 120 Å². The van der Waals surface area contributed by atoms with E-state index in [9.17, 15) is 9.18 Å². The van der Waals surface area contributed by atoms with Crippen molar-refractivity contribution in [2.75, 3.05) is 0 Å². The molecule has 38 heavy (non-hydrogen) atoms. The van der Waals surface area contributed by atoms with Crippen LogP contribution in [0, 0.1) is 12.7 Å². The summed E-state index contributed by atoms with van der Waals surface area (Å²) in [5.74, 6) is -0.111. The van der Waals surface area contributed by atoms with Gasteiger partial charge in [-0.1, -0.05) is 60.7 Å². The standard InChI is InChI=1S/C32H26FN3O2/c1-23-15-20-30(24-9-3-2-4-10-24)36(23)28-18-16-25(17-19-28)32(37)35-34-21-26-11-6-8-14-31(26)38-22-27-12-5-7-13-29(27)33/h2-21H,22H2,1H3,(H,35,37)/b34-21+. The molecule has 0 bridgehead atoms. The Morgan fingerprint density at radius 3 is 2.37 bits per heavy atom. The van der Waals surface area contributed by atoms with Gasteiger partial charge in [0.1, 0.15) is 18.2 Å². The summed E-state index contributed by atoms with van der Waals surface area (Å²) in [6.45, 7) is 2.14. The maximum atomic E-state index is 13.9. The van der Waals surface area contributed by atoms with Crippen LogP contribution in [0.4, 0.5) is 4.39 Å². The van der Waals surface area contributed by atoms with Crippen molar-refractivity contribution < 1.29 is 13.9 Å². The number of aryl methyl sites for hydroxylation is 1. The number of hydrogen-bond donors (Lipinski definition) is 1. The van der Waals surface area contributed by atoms with Gasteiger partial charge in [0, 0.05) is 28.1 Å². The molecule has 1 heterocycles. The Balaban J connectivity index is 1.26. The molecule has 0 atom stereocenters. The second kappa shape index (κ2) is 11.4. The minimum atomic E-state index is -0.329. The SMILES string of the molecule is Cc1ccc(-c2ccccc2)n1-c1ccc(C(=O)N/N=C/c2ccccc2OCc2ccccc2F)cc1. The third-order valence-electron chi connectivity index (χ3n) is 6.16. The predicted molar refractivity (Wildman–Crippen MR) is 148 cm³/mol. The Labute approximate surface area is 220 Å². The Hall–Kier alpha value is -4.97. The number of para-hydroxylation sites is 1. The monoisotopic (exact) mass is 503 g/mol. The largest absolute Gasteiger partial charge is 0.488 e. The van der Waals surface area contributed by atoms with Crippen LogP contribution in [0.1, 0.15) is 27.2 Å². The fraction of sp³-hybridized carbons (Fsp3) is 0.0625. The molecule has 1 N–H and O–H groups in total. The molecule has 0 saturated carbocycles. The van der Waals surface area contributed by atoms with Gasteiger partial charge in [0.25, 0.3) is 5.91 Å². The van der Waals surface area contributed by atoms with E-state index >= 15 is 0 Å². The molecule has 1 amide bonds. The molecular formula is C32H26FN3O2. The lowest BCUT2D eigenvalue weighted by Gasteiger charge is -2.13. The van der Waals surface area contributed by atoms with E-state index in [1.165, 1.54) is 12.3 Å². The maximum absolute atomic E-state index is 13.9. The van der Waals surface area contributed by atoms with Crippen molar-refractivity contribution in [3.63, 3.8) is 0 Å². The van der Waals surface area contributed by atoms with E-state index < -0.39 is 0 Å². The lowest BCUT2D eigenvalue weighted by molar-refractivity contribution is 0.0955. The Morgan fingerprint density at radius 2 is 1.58 bits per heavy atom. The van der Waals surface area contributed by atoms with Gasteiger partial charge in [0.15, 0.2) is 0 Å². The van der Waals surface area contributed by atoms with E-state index in [4.69, 9.17) is 4.74 Å². The number of halogens is 1. The summed E-state index contributed by atoms with van der Waals surface area (Å²) in [6, 6.07) is 35.5. The Morgan fingerprint density at radius 1 is 0.868 bits per heavy atom. The molecule has 0 radical (unpaired) electrons. The van der Waals surface area contributed by atoms with E-state index in [1.807, 2.05) is 48.5 Å². The van der Waals surface area contributed by atoms with Crippen molar-refractivity contribution in [3.8, 4) is 22.7 Å². The van der Waals surface area contributed by atoms with Crippen LogP contribution in [0.2, 0.25) is 0 Å². The highest BCUT2D eigenvalue weighted by Crippen LogP contribution is 2.26. The van der Waals surface area contributed by atoms with Gasteiger partial charge in [-0.15, -0.1) is 0 Å². The zero-order valence-corrected chi connectivity index (χ0v) is 20.8. The van der Waals surface area contributed by atoms with E-state index in [0.717, 1.165) is 22.6 Å². The molecule has 0 aliphatic rings. The fourth-order valence-corrected chi connectivity index (χ4v) is 4.19. The second-order valence-electron chi connectivity index (χ2n) is 8.73. The van der Waals surface area contributed by atoms with Crippen molar-refractivity contribution >= 4 is 12.1 Å². The van der Waals surface area contributed by atoms with Crippen LogP contribution in [0.5, 0.6) is 5.75 Å². The van der Waals surface area contributed by atoms with Crippen LogP contribution in [0.3, 0.4) is 0 Å². The molecule has 0 aliphatic heterocycles. The molecule has 0 spiro atoms. The highest BCUT2D eigenvalue weighted by Gasteiger charge is 2.11. The summed E-state index contributed by atoms with van der Waals surface area (Å²) in [5.41, 5.74) is 8.45. The second-order valence-corrected chi connectivity index (χ2v) is 8.73. The molecule has 5 rings (SSSR count). The normalized spacial score (nSPS) is 11.0. The number of ether oxygens (including phenoxy) is 1. The third kappa shape index (κ3) is 5.55. The number of nitrogens with one attached hydrogen (secondary N) is 1. The van der Waals surface area contributed by atoms with Crippen molar-refractivity contribution in [1.82, 2.24) is 9.99 Å². The van der Waals surface area contributed by atoms with Gasteiger partial charge in [-0.2, -0.15) is 5.10 Å². The Bertz CT molecular complexity index is 1570. The predicted octanol–water partition coefficient (Wildman–Crippen LogP) is 6.93. The summed E-state index contributed by atoms with van der Waals surface area (Å²) in [5, 5.41) is 4.11. The fourth-order valence-electron chi connectivity index (χ4n) is 4.19. The van der Waals surface area contributed by atoms with Gasteiger partial charge in [0.2, 0.25) is 0 Å². The molecular weight excluding hydrogens is 477 g/mol. The van der Waals surface area contributed by atoms with Crippen molar-refractivity contribution in [2.24, 2.45) is 5.10 Å². The van der Waals surface area contributed by atoms with Crippen LogP contribution in [0.25, 0.3) is 16.9 Å². The van der Waals surface area contributed by atoms with Gasteiger partial charge < -0.3 is 9.30 Å². The smallest absolute Gasteiger partial charge is 0.271 e. The van der Waals surface area contributed by atoms with Crippen molar-refractivity contribution in [2.45, 2.75) is 13.5 Å². The minimum absolute atomic E-state index is 0.0864. The maximum Gasteiger partial charge on any atom is 0.271 e. The average Bonchev–Trinajstić information content (AvgIpc) is 3.35. The number of aromatic nitrogens is 1. The molecule has 0 saturated heterocycles. The van der Waals surface area contributed by atoms with E-state index in [2.05, 4.69) is 46.3 Å². The number of amides is 1. The lowest BCUT2D eigenvalue weighted by atomic mass is 10.1. The summed E-state index contributed by atoms with van der Waals surface area (Å²) in [7, 11) is 0. The van der Waals surface area contributed by atoms with Gasteiger partial charge >= 0.3 is 0 Å². The number of rotatable bonds is 8. The number of benzene rings is 4. The van der Waals surface area contributed by atoms with Crippen molar-refractivity contribution in [3.05, 3.63) is 143 Å². The lowest BCUT2D eigenvalue weighted by Crippen LogP contribution is -2.17. The van der Waals surface area contributed by atoms with E-state index in [1.54, 1.807) is 36.4 Å². The van der Waals surface area contributed by atoms with Crippen LogP contribution in [-0.4, -0.2) is 16.7 Å². The number of nitrogens with zero attached hydrogens (tertiary/aromatic N) is 2. The molecule has 5 aromatic rings. The van der Waals surface area contributed by atoms with Crippen LogP contribution in [-0.2, 0) is 6.61 Å². The molecule has 188 valence electrons. The zero-order valence-electron chi connectivity index (χ0n) is 20.8. The molecule has 1 aromatic heterocycles. The van der Waals surface area contributed by atoms with Gasteiger partial charge in [-0.3, -0.25) is 4.79 Å². The molecule has 4 aromatic carbocycles. The highest BCUT2D eigenvalue weighted by molar-refractivity contribution is 5.95. The van der Waals surface area contributed by atoms with Crippen LogP contribution < -0.4 is 10.2 Å². The number of carbonyl (C=O) groups is 1. The molecule has 0 unspecified atom stereocenters. The molecule has 0 aliphatic carbocycles. The van der Waals surface area contributed by atoms with E-state index in [-0.39, 0.29) is 18.3 Å². The first-order valence-corrected chi connectivity index (χ1v) is 12.2. The summed E-state index contributed by atoms with van der Waals surface area (Å²) >= 11 is 0. The summed E-state index contributed by atoms with van der Waals surface area (Å²) in [6.07, 6.45) is 1.51.